The van der Waals surface area contributed by atoms with Crippen LogP contribution < -0.4 is 0 Å². The van der Waals surface area contributed by atoms with Crippen molar-refractivity contribution >= 4 is 0 Å². The van der Waals surface area contributed by atoms with Crippen LogP contribution in [0.15, 0.2) is 48.6 Å². The molecule has 1 atom stereocenters. The van der Waals surface area contributed by atoms with Crippen LogP contribution in [0, 0.1) is 0 Å². The van der Waals surface area contributed by atoms with Crippen LogP contribution in [0.25, 0.3) is 0 Å². The van der Waals surface area contributed by atoms with E-state index in [4.69, 9.17) is 4.74 Å². The van der Waals surface area contributed by atoms with Gasteiger partial charge in [0.2, 0.25) is 0 Å². The van der Waals surface area contributed by atoms with Crippen molar-refractivity contribution in [3.05, 3.63) is 48.6 Å². The maximum atomic E-state index is 6.02. The molecule has 0 bridgehead atoms. The third-order valence-electron chi connectivity index (χ3n) is 6.14. The van der Waals surface area contributed by atoms with E-state index in [0.29, 0.717) is 6.10 Å². The minimum atomic E-state index is 0.443. The van der Waals surface area contributed by atoms with Gasteiger partial charge in [0.1, 0.15) is 0 Å². The summed E-state index contributed by atoms with van der Waals surface area (Å²) in [5.41, 5.74) is 0. The van der Waals surface area contributed by atoms with E-state index in [1.807, 2.05) is 0 Å². The van der Waals surface area contributed by atoms with E-state index in [1.165, 1.54) is 109 Å². The fourth-order valence-corrected chi connectivity index (χ4v) is 3.97. The van der Waals surface area contributed by atoms with Crippen LogP contribution in [0.1, 0.15) is 143 Å². The molecule has 0 heterocycles. The van der Waals surface area contributed by atoms with Crippen molar-refractivity contribution in [2.75, 3.05) is 6.61 Å². The summed E-state index contributed by atoms with van der Waals surface area (Å²) in [6, 6.07) is 0. The van der Waals surface area contributed by atoms with Gasteiger partial charge in [-0.1, -0.05) is 133 Å². The Hall–Kier alpha value is -1.08. The minimum absolute atomic E-state index is 0.443. The Kier molecular flexibility index (Phi) is 28.0. The molecule has 0 saturated carbocycles. The molecule has 1 heteroatoms. The number of rotatable bonds is 25. The van der Waals surface area contributed by atoms with E-state index in [2.05, 4.69) is 69.4 Å². The molecule has 0 spiro atoms. The van der Waals surface area contributed by atoms with Gasteiger partial charge in [-0.05, 0) is 58.3 Å². The lowest BCUT2D eigenvalue weighted by atomic mass is 10.1. The van der Waals surface area contributed by atoms with Crippen LogP contribution in [0.4, 0.5) is 0 Å². The second-order valence-corrected chi connectivity index (χ2v) is 9.53. The molecule has 0 radical (unpaired) electrons. The van der Waals surface area contributed by atoms with Crippen LogP contribution in [0.5, 0.6) is 0 Å². The topological polar surface area (TPSA) is 9.23 Å². The van der Waals surface area contributed by atoms with Gasteiger partial charge in [-0.3, -0.25) is 0 Å². The van der Waals surface area contributed by atoms with Crippen molar-refractivity contribution in [2.24, 2.45) is 0 Å². The average Bonchev–Trinajstić information content (AvgIpc) is 2.82. The molecule has 0 N–H and O–H groups in total. The van der Waals surface area contributed by atoms with Crippen LogP contribution >= 0.6 is 0 Å². The van der Waals surface area contributed by atoms with E-state index < -0.39 is 0 Å². The van der Waals surface area contributed by atoms with E-state index in [9.17, 15) is 0 Å². The number of hydrogen-bond acceptors (Lipinski definition) is 1. The predicted molar refractivity (Wildman–Crippen MR) is 151 cm³/mol. The van der Waals surface area contributed by atoms with Gasteiger partial charge < -0.3 is 4.74 Å². The van der Waals surface area contributed by atoms with Gasteiger partial charge in [0, 0.05) is 6.61 Å². The first kappa shape index (κ1) is 31.9. The monoisotopic (exact) mass is 458 g/mol. The van der Waals surface area contributed by atoms with Gasteiger partial charge >= 0.3 is 0 Å². The fraction of sp³-hybridized carbons (Fsp3) is 0.750. The average molecular weight is 459 g/mol. The first-order chi connectivity index (χ1) is 16.3. The third-order valence-corrected chi connectivity index (χ3v) is 6.14. The summed E-state index contributed by atoms with van der Waals surface area (Å²) in [4.78, 5) is 0. The Morgan fingerprint density at radius 2 is 0.879 bits per heavy atom. The molecular formula is C32H58O. The predicted octanol–water partition coefficient (Wildman–Crippen LogP) is 11.1. The molecule has 0 aromatic rings. The van der Waals surface area contributed by atoms with Crippen LogP contribution in [0.2, 0.25) is 0 Å². The quantitative estimate of drug-likeness (QED) is 0.0976. The van der Waals surface area contributed by atoms with E-state index >= 15 is 0 Å². The number of hydrogen-bond donors (Lipinski definition) is 0. The van der Waals surface area contributed by atoms with E-state index in [0.717, 1.165) is 19.4 Å². The first-order valence-corrected chi connectivity index (χ1v) is 14.6. The summed E-state index contributed by atoms with van der Waals surface area (Å²) < 4.78 is 6.02. The maximum Gasteiger partial charge on any atom is 0.0547 e. The summed E-state index contributed by atoms with van der Waals surface area (Å²) in [6.07, 6.45) is 43.2. The van der Waals surface area contributed by atoms with Crippen LogP contribution in [-0.4, -0.2) is 12.7 Å². The second kappa shape index (κ2) is 29.0. The molecule has 0 saturated heterocycles. The second-order valence-electron chi connectivity index (χ2n) is 9.53. The number of unbranched alkanes of at least 4 members (excludes halogenated alkanes) is 14. The molecule has 192 valence electrons. The van der Waals surface area contributed by atoms with Gasteiger partial charge in [0.25, 0.3) is 0 Å². The highest BCUT2D eigenvalue weighted by atomic mass is 16.5. The standard InChI is InChI=1S/C32H58O/c1-4-6-8-10-12-14-16-18-19-20-22-24-26-28-30-32(3)33-31-29-27-25-23-21-17-15-13-11-9-7-5-2/h6-13,32H,4-5,14-31H2,1-3H3/b8-6-,9-7-,12-10-,13-11-/t32-/m0/s1. The molecule has 0 aromatic heterocycles. The first-order valence-electron chi connectivity index (χ1n) is 14.6. The fourth-order valence-electron chi connectivity index (χ4n) is 3.97. The van der Waals surface area contributed by atoms with Gasteiger partial charge in [0.15, 0.2) is 0 Å². The van der Waals surface area contributed by atoms with Crippen molar-refractivity contribution in [1.29, 1.82) is 0 Å². The molecule has 0 aliphatic carbocycles. The van der Waals surface area contributed by atoms with Crippen molar-refractivity contribution in [2.45, 2.75) is 149 Å². The van der Waals surface area contributed by atoms with Gasteiger partial charge in [-0.2, -0.15) is 0 Å². The van der Waals surface area contributed by atoms with Crippen molar-refractivity contribution < 1.29 is 4.74 Å². The SMILES string of the molecule is CC/C=C\C=C/CCCCCCCCCC[C@H](C)OCCCCCCCC/C=C\C=C/CC. The van der Waals surface area contributed by atoms with Crippen LogP contribution in [-0.2, 0) is 4.74 Å². The molecule has 0 amide bonds. The Morgan fingerprint density at radius 3 is 1.36 bits per heavy atom. The zero-order valence-corrected chi connectivity index (χ0v) is 22.7. The van der Waals surface area contributed by atoms with E-state index in [1.54, 1.807) is 0 Å². The Balaban J connectivity index is 3.24. The summed E-state index contributed by atoms with van der Waals surface area (Å²) in [5, 5.41) is 0. The lowest BCUT2D eigenvalue weighted by molar-refractivity contribution is 0.0557. The summed E-state index contributed by atoms with van der Waals surface area (Å²) in [5.74, 6) is 0. The van der Waals surface area contributed by atoms with Gasteiger partial charge in [0.05, 0.1) is 6.10 Å². The van der Waals surface area contributed by atoms with Crippen molar-refractivity contribution in [1.82, 2.24) is 0 Å². The molecule has 1 nitrogen and oxygen atoms in total. The van der Waals surface area contributed by atoms with Crippen molar-refractivity contribution in [3.63, 3.8) is 0 Å². The third kappa shape index (κ3) is 28.9. The zero-order chi connectivity index (χ0) is 24.1. The summed E-state index contributed by atoms with van der Waals surface area (Å²) in [6.45, 7) is 7.57. The molecule has 0 aliphatic rings. The summed E-state index contributed by atoms with van der Waals surface area (Å²) in [7, 11) is 0. The largest absolute Gasteiger partial charge is 0.379 e. The molecule has 0 aliphatic heterocycles. The number of allylic oxidation sites excluding steroid dienone is 8. The minimum Gasteiger partial charge on any atom is -0.379 e. The highest BCUT2D eigenvalue weighted by Gasteiger charge is 2.02. The summed E-state index contributed by atoms with van der Waals surface area (Å²) >= 11 is 0. The van der Waals surface area contributed by atoms with Crippen molar-refractivity contribution in [3.8, 4) is 0 Å². The molecule has 0 rings (SSSR count). The van der Waals surface area contributed by atoms with E-state index in [-0.39, 0.29) is 0 Å². The highest BCUT2D eigenvalue weighted by molar-refractivity contribution is 5.02. The Bertz CT molecular complexity index is 471. The molecule has 0 unspecified atom stereocenters. The van der Waals surface area contributed by atoms with Gasteiger partial charge in [-0.15, -0.1) is 0 Å². The highest BCUT2D eigenvalue weighted by Crippen LogP contribution is 2.13. The zero-order valence-electron chi connectivity index (χ0n) is 22.7. The molecular weight excluding hydrogens is 400 g/mol. The molecule has 33 heavy (non-hydrogen) atoms. The maximum absolute atomic E-state index is 6.02. The van der Waals surface area contributed by atoms with Gasteiger partial charge in [-0.25, -0.2) is 0 Å². The smallest absolute Gasteiger partial charge is 0.0547 e. The lowest BCUT2D eigenvalue weighted by Gasteiger charge is -2.13. The van der Waals surface area contributed by atoms with Crippen LogP contribution in [0.3, 0.4) is 0 Å². The molecule has 0 fully saturated rings. The number of ether oxygens (including phenoxy) is 1. The molecule has 0 aromatic carbocycles. The normalized spacial score (nSPS) is 13.4. The Morgan fingerprint density at radius 1 is 0.485 bits per heavy atom. The lowest BCUT2D eigenvalue weighted by Crippen LogP contribution is -2.09. The Labute approximate surface area is 208 Å².